The summed E-state index contributed by atoms with van der Waals surface area (Å²) in [6.45, 7) is 0.600. The van der Waals surface area contributed by atoms with E-state index in [9.17, 15) is 0 Å². The van der Waals surface area contributed by atoms with E-state index in [1.54, 1.807) is 44.9 Å². The van der Waals surface area contributed by atoms with Gasteiger partial charge in [-0.3, -0.25) is 4.98 Å². The number of ether oxygens (including phenoxy) is 2. The van der Waals surface area contributed by atoms with Crippen LogP contribution < -0.4 is 20.1 Å². The van der Waals surface area contributed by atoms with Gasteiger partial charge >= 0.3 is 0 Å². The first-order valence-electron chi connectivity index (χ1n) is 7.60. The van der Waals surface area contributed by atoms with Crippen LogP contribution in [0.5, 0.6) is 11.5 Å². The third-order valence-electron chi connectivity index (χ3n) is 3.39. The average molecular weight is 338 g/mol. The van der Waals surface area contributed by atoms with Gasteiger partial charge in [0.05, 0.1) is 20.4 Å². The number of aromatic nitrogens is 4. The monoisotopic (exact) mass is 338 g/mol. The molecule has 0 aliphatic rings. The first-order valence-corrected chi connectivity index (χ1v) is 7.60. The number of pyridine rings is 1. The Morgan fingerprint density at radius 1 is 1.04 bits per heavy atom. The number of methoxy groups -OCH3 is 2. The molecule has 0 bridgehead atoms. The number of anilines is 3. The molecule has 8 heteroatoms. The number of rotatable bonds is 7. The van der Waals surface area contributed by atoms with E-state index >= 15 is 0 Å². The van der Waals surface area contributed by atoms with Crippen LogP contribution in [0.1, 0.15) is 5.56 Å². The molecule has 3 rings (SSSR count). The van der Waals surface area contributed by atoms with Crippen molar-refractivity contribution in [3.05, 3.63) is 54.5 Å². The van der Waals surface area contributed by atoms with Gasteiger partial charge in [0.1, 0.15) is 0 Å². The largest absolute Gasteiger partial charge is 0.493 e. The molecule has 0 amide bonds. The number of nitrogens with one attached hydrogen (secondary N) is 2. The van der Waals surface area contributed by atoms with E-state index in [2.05, 4.69) is 30.8 Å². The maximum atomic E-state index is 5.29. The van der Waals surface area contributed by atoms with Gasteiger partial charge in [0.25, 0.3) is 0 Å². The van der Waals surface area contributed by atoms with Gasteiger partial charge in [0.15, 0.2) is 17.3 Å². The van der Waals surface area contributed by atoms with Gasteiger partial charge < -0.3 is 20.1 Å². The molecule has 8 nitrogen and oxygen atoms in total. The molecular weight excluding hydrogens is 320 g/mol. The molecule has 2 heterocycles. The maximum absolute atomic E-state index is 5.29. The lowest BCUT2D eigenvalue weighted by atomic mass is 10.3. The summed E-state index contributed by atoms with van der Waals surface area (Å²) in [5.41, 5.74) is 1.82. The number of hydrogen-bond donors (Lipinski definition) is 2. The Hall–Kier alpha value is -3.42. The van der Waals surface area contributed by atoms with Crippen LogP contribution in [-0.4, -0.2) is 34.4 Å². The van der Waals surface area contributed by atoms with Crippen molar-refractivity contribution in [1.82, 2.24) is 20.2 Å². The minimum absolute atomic E-state index is 0.378. The van der Waals surface area contributed by atoms with Gasteiger partial charge in [0, 0.05) is 30.7 Å². The summed E-state index contributed by atoms with van der Waals surface area (Å²) in [7, 11) is 3.18. The van der Waals surface area contributed by atoms with Gasteiger partial charge in [-0.2, -0.15) is 10.1 Å². The molecule has 2 aromatic heterocycles. The van der Waals surface area contributed by atoms with E-state index in [1.165, 1.54) is 0 Å². The Labute approximate surface area is 145 Å². The molecule has 0 saturated carbocycles. The zero-order valence-electron chi connectivity index (χ0n) is 13.9. The van der Waals surface area contributed by atoms with Crippen molar-refractivity contribution in [1.29, 1.82) is 0 Å². The van der Waals surface area contributed by atoms with Crippen LogP contribution in [0.2, 0.25) is 0 Å². The van der Waals surface area contributed by atoms with Crippen LogP contribution in [-0.2, 0) is 6.54 Å². The van der Waals surface area contributed by atoms with Crippen molar-refractivity contribution >= 4 is 17.5 Å². The first kappa shape index (κ1) is 16.4. The second-order valence-electron chi connectivity index (χ2n) is 5.07. The predicted octanol–water partition coefficient (Wildman–Crippen LogP) is 2.64. The Kier molecular flexibility index (Phi) is 5.20. The Bertz CT molecular complexity index is 828. The molecule has 0 radical (unpaired) electrons. The molecule has 2 N–H and O–H groups in total. The summed E-state index contributed by atoms with van der Waals surface area (Å²) in [6, 6.07) is 9.33. The third-order valence-corrected chi connectivity index (χ3v) is 3.39. The van der Waals surface area contributed by atoms with E-state index in [0.29, 0.717) is 29.8 Å². The highest BCUT2D eigenvalue weighted by Crippen LogP contribution is 2.30. The van der Waals surface area contributed by atoms with E-state index in [-0.39, 0.29) is 0 Å². The second-order valence-corrected chi connectivity index (χ2v) is 5.07. The van der Waals surface area contributed by atoms with E-state index in [4.69, 9.17) is 9.47 Å². The molecule has 0 aliphatic carbocycles. The average Bonchev–Trinajstić information content (AvgIpc) is 2.67. The van der Waals surface area contributed by atoms with Gasteiger partial charge in [-0.15, -0.1) is 5.10 Å². The predicted molar refractivity (Wildman–Crippen MR) is 94.2 cm³/mol. The minimum atomic E-state index is 0.378. The summed E-state index contributed by atoms with van der Waals surface area (Å²) in [6.07, 6.45) is 5.10. The topological polar surface area (TPSA) is 94.1 Å². The fraction of sp³-hybridized carbons (Fsp3) is 0.176. The summed E-state index contributed by atoms with van der Waals surface area (Å²) >= 11 is 0. The Morgan fingerprint density at radius 2 is 1.92 bits per heavy atom. The maximum Gasteiger partial charge on any atom is 0.249 e. The molecule has 3 aromatic rings. The smallest absolute Gasteiger partial charge is 0.249 e. The molecule has 1 aromatic carbocycles. The lowest BCUT2D eigenvalue weighted by Gasteiger charge is -2.11. The van der Waals surface area contributed by atoms with Gasteiger partial charge in [0.2, 0.25) is 5.95 Å². The van der Waals surface area contributed by atoms with Crippen LogP contribution in [0.3, 0.4) is 0 Å². The van der Waals surface area contributed by atoms with Crippen LogP contribution >= 0.6 is 0 Å². The fourth-order valence-electron chi connectivity index (χ4n) is 2.18. The van der Waals surface area contributed by atoms with Crippen molar-refractivity contribution in [3.8, 4) is 11.5 Å². The Morgan fingerprint density at radius 3 is 2.68 bits per heavy atom. The molecule has 0 atom stereocenters. The zero-order valence-corrected chi connectivity index (χ0v) is 13.9. The van der Waals surface area contributed by atoms with Gasteiger partial charge in [-0.05, 0) is 23.8 Å². The molecule has 128 valence electrons. The first-order chi connectivity index (χ1) is 12.3. The summed E-state index contributed by atoms with van der Waals surface area (Å²) in [5.74, 6) is 2.26. The molecule has 0 fully saturated rings. The molecule has 0 spiro atoms. The van der Waals surface area contributed by atoms with E-state index in [1.807, 2.05) is 18.2 Å². The standard InChI is InChI=1S/C17H18N6O2/c1-24-14-6-5-13(8-15(14)25-2)21-17-22-16(11-20-23-17)19-10-12-4-3-7-18-9-12/h3-9,11H,10H2,1-2H3,(H2,19,21,22,23). The van der Waals surface area contributed by atoms with Crippen LogP contribution in [0.4, 0.5) is 17.5 Å². The highest BCUT2D eigenvalue weighted by Gasteiger charge is 2.06. The lowest BCUT2D eigenvalue weighted by molar-refractivity contribution is 0.355. The second kappa shape index (κ2) is 7.91. The molecule has 25 heavy (non-hydrogen) atoms. The third kappa shape index (κ3) is 4.31. The van der Waals surface area contributed by atoms with Crippen LogP contribution in [0, 0.1) is 0 Å². The number of nitrogens with zero attached hydrogens (tertiary/aromatic N) is 4. The molecule has 0 saturated heterocycles. The quantitative estimate of drug-likeness (QED) is 0.679. The van der Waals surface area contributed by atoms with Gasteiger partial charge in [-0.25, -0.2) is 0 Å². The fourth-order valence-corrected chi connectivity index (χ4v) is 2.18. The van der Waals surface area contributed by atoms with Crippen molar-refractivity contribution in [2.45, 2.75) is 6.54 Å². The number of benzene rings is 1. The molecule has 0 unspecified atom stereocenters. The van der Waals surface area contributed by atoms with Crippen molar-refractivity contribution < 1.29 is 9.47 Å². The highest BCUT2D eigenvalue weighted by molar-refractivity contribution is 5.60. The van der Waals surface area contributed by atoms with E-state index in [0.717, 1.165) is 11.3 Å². The van der Waals surface area contributed by atoms with E-state index < -0.39 is 0 Å². The van der Waals surface area contributed by atoms with Crippen LogP contribution in [0.15, 0.2) is 48.9 Å². The normalized spacial score (nSPS) is 10.2. The van der Waals surface area contributed by atoms with Gasteiger partial charge in [-0.1, -0.05) is 6.07 Å². The van der Waals surface area contributed by atoms with Crippen LogP contribution in [0.25, 0.3) is 0 Å². The minimum Gasteiger partial charge on any atom is -0.493 e. The zero-order chi connectivity index (χ0) is 17.5. The lowest BCUT2D eigenvalue weighted by Crippen LogP contribution is -2.06. The Balaban J connectivity index is 1.69. The molecule has 0 aliphatic heterocycles. The number of hydrogen-bond acceptors (Lipinski definition) is 8. The summed E-state index contributed by atoms with van der Waals surface area (Å²) in [5, 5.41) is 14.2. The van der Waals surface area contributed by atoms with Crippen molar-refractivity contribution in [3.63, 3.8) is 0 Å². The summed E-state index contributed by atoms with van der Waals surface area (Å²) in [4.78, 5) is 8.47. The highest BCUT2D eigenvalue weighted by atomic mass is 16.5. The summed E-state index contributed by atoms with van der Waals surface area (Å²) < 4.78 is 10.5. The molecular formula is C17H18N6O2. The van der Waals surface area contributed by atoms with Crippen molar-refractivity contribution in [2.75, 3.05) is 24.9 Å². The SMILES string of the molecule is COc1ccc(Nc2nncc(NCc3cccnc3)n2)cc1OC. The van der Waals surface area contributed by atoms with Crippen molar-refractivity contribution in [2.24, 2.45) is 0 Å².